The Morgan fingerprint density at radius 1 is 1.33 bits per heavy atom. The third-order valence-corrected chi connectivity index (χ3v) is 3.79. The highest BCUT2D eigenvalue weighted by Gasteiger charge is 2.08. The molecule has 0 aliphatic rings. The molecule has 0 bridgehead atoms. The summed E-state index contributed by atoms with van der Waals surface area (Å²) in [6.45, 7) is 4.49. The van der Waals surface area contributed by atoms with Gasteiger partial charge in [-0.15, -0.1) is 11.3 Å². The molecule has 0 unspecified atom stereocenters. The van der Waals surface area contributed by atoms with Crippen molar-refractivity contribution in [2.45, 2.75) is 13.5 Å². The molecule has 5 heteroatoms. The first-order valence-corrected chi connectivity index (χ1v) is 6.69. The van der Waals surface area contributed by atoms with Gasteiger partial charge in [-0.05, 0) is 19.1 Å². The first-order chi connectivity index (χ1) is 8.81. The number of hydrogen-bond donors (Lipinski definition) is 1. The van der Waals surface area contributed by atoms with Gasteiger partial charge >= 0.3 is 0 Å². The summed E-state index contributed by atoms with van der Waals surface area (Å²) in [5.74, 6) is 0. The quantitative estimate of drug-likeness (QED) is 0.812. The zero-order valence-electron chi connectivity index (χ0n) is 10.6. The van der Waals surface area contributed by atoms with E-state index in [0.717, 1.165) is 36.0 Å². The van der Waals surface area contributed by atoms with Gasteiger partial charge in [-0.3, -0.25) is 4.98 Å². The van der Waals surface area contributed by atoms with Crippen LogP contribution in [0, 0.1) is 6.92 Å². The number of methoxy groups -OCH3 is 1. The van der Waals surface area contributed by atoms with Crippen LogP contribution in [0.4, 0.5) is 0 Å². The van der Waals surface area contributed by atoms with Crippen LogP contribution in [0.25, 0.3) is 10.6 Å². The molecule has 0 amide bonds. The highest BCUT2D eigenvalue weighted by Crippen LogP contribution is 2.27. The molecule has 0 saturated heterocycles. The molecule has 0 aromatic carbocycles. The Hall–Kier alpha value is -1.30. The molecule has 0 spiro atoms. The minimum absolute atomic E-state index is 0.731. The molecule has 0 aliphatic heterocycles. The lowest BCUT2D eigenvalue weighted by molar-refractivity contribution is 0.199. The minimum atomic E-state index is 0.731. The lowest BCUT2D eigenvalue weighted by atomic mass is 10.3. The van der Waals surface area contributed by atoms with Gasteiger partial charge in [0, 0.05) is 43.0 Å². The summed E-state index contributed by atoms with van der Waals surface area (Å²) in [5.41, 5.74) is 2.22. The molecule has 2 rings (SSSR count). The molecule has 0 atom stereocenters. The summed E-state index contributed by atoms with van der Waals surface area (Å²) < 4.78 is 5.00. The fraction of sp³-hybridized carbons (Fsp3) is 0.385. The maximum absolute atomic E-state index is 5.00. The van der Waals surface area contributed by atoms with Gasteiger partial charge in [0.25, 0.3) is 0 Å². The summed E-state index contributed by atoms with van der Waals surface area (Å²) >= 11 is 1.73. The number of nitrogens with zero attached hydrogens (tertiary/aromatic N) is 2. The number of thiazole rings is 1. The van der Waals surface area contributed by atoms with E-state index in [1.807, 2.05) is 12.1 Å². The Kier molecular flexibility index (Phi) is 4.81. The van der Waals surface area contributed by atoms with Gasteiger partial charge in [-0.25, -0.2) is 4.98 Å². The summed E-state index contributed by atoms with van der Waals surface area (Å²) in [7, 11) is 1.71. The van der Waals surface area contributed by atoms with E-state index in [9.17, 15) is 0 Å². The van der Waals surface area contributed by atoms with Crippen molar-refractivity contribution in [2.75, 3.05) is 20.3 Å². The normalized spacial score (nSPS) is 10.8. The van der Waals surface area contributed by atoms with E-state index >= 15 is 0 Å². The molecule has 4 nitrogen and oxygen atoms in total. The maximum atomic E-state index is 5.00. The molecule has 96 valence electrons. The van der Waals surface area contributed by atoms with Crippen LogP contribution < -0.4 is 5.32 Å². The van der Waals surface area contributed by atoms with Crippen LogP contribution in [0.3, 0.4) is 0 Å². The Balaban J connectivity index is 2.03. The van der Waals surface area contributed by atoms with E-state index in [0.29, 0.717) is 0 Å². The van der Waals surface area contributed by atoms with Gasteiger partial charge in [0.05, 0.1) is 12.3 Å². The number of aromatic nitrogens is 2. The summed E-state index contributed by atoms with van der Waals surface area (Å²) in [5, 5.41) is 4.40. The lowest BCUT2D eigenvalue weighted by Gasteiger charge is -2.01. The zero-order valence-corrected chi connectivity index (χ0v) is 11.5. The number of pyridine rings is 1. The number of ether oxygens (including phenoxy) is 1. The van der Waals surface area contributed by atoms with E-state index in [1.165, 1.54) is 4.88 Å². The molecule has 1 N–H and O–H groups in total. The summed E-state index contributed by atoms with van der Waals surface area (Å²) in [6.07, 6.45) is 3.59. The van der Waals surface area contributed by atoms with Crippen molar-refractivity contribution in [1.82, 2.24) is 15.3 Å². The number of aryl methyl sites for hydroxylation is 1. The van der Waals surface area contributed by atoms with Gasteiger partial charge in [-0.2, -0.15) is 0 Å². The van der Waals surface area contributed by atoms with E-state index in [-0.39, 0.29) is 0 Å². The monoisotopic (exact) mass is 263 g/mol. The van der Waals surface area contributed by atoms with E-state index in [2.05, 4.69) is 22.2 Å². The fourth-order valence-electron chi connectivity index (χ4n) is 1.59. The van der Waals surface area contributed by atoms with Crippen molar-refractivity contribution < 1.29 is 4.74 Å². The van der Waals surface area contributed by atoms with Crippen LogP contribution in [-0.2, 0) is 11.3 Å². The third-order valence-electron chi connectivity index (χ3n) is 2.59. The second-order valence-corrected chi connectivity index (χ2v) is 5.02. The van der Waals surface area contributed by atoms with Gasteiger partial charge < -0.3 is 10.1 Å². The molecular formula is C13H17N3OS. The molecule has 2 aromatic rings. The Labute approximate surface area is 111 Å². The molecule has 2 heterocycles. The average Bonchev–Trinajstić information content (AvgIpc) is 2.77. The standard InChI is InChI=1S/C13H17N3OS/c1-10-12(9-15-7-8-17-2)18-13(16-10)11-3-5-14-6-4-11/h3-6,15H,7-9H2,1-2H3. The van der Waals surface area contributed by atoms with Crippen LogP contribution in [0.15, 0.2) is 24.5 Å². The maximum Gasteiger partial charge on any atom is 0.124 e. The van der Waals surface area contributed by atoms with Crippen molar-refractivity contribution in [3.05, 3.63) is 35.1 Å². The smallest absolute Gasteiger partial charge is 0.124 e. The highest BCUT2D eigenvalue weighted by atomic mass is 32.1. The SMILES string of the molecule is COCCNCc1sc(-c2ccncc2)nc1C. The Morgan fingerprint density at radius 2 is 2.11 bits per heavy atom. The highest BCUT2D eigenvalue weighted by molar-refractivity contribution is 7.15. The van der Waals surface area contributed by atoms with Crippen LogP contribution in [0.5, 0.6) is 0 Å². The first-order valence-electron chi connectivity index (χ1n) is 5.87. The number of hydrogen-bond acceptors (Lipinski definition) is 5. The van der Waals surface area contributed by atoms with E-state index in [1.54, 1.807) is 30.8 Å². The zero-order chi connectivity index (χ0) is 12.8. The molecule has 2 aromatic heterocycles. The molecule has 0 saturated carbocycles. The second-order valence-electron chi connectivity index (χ2n) is 3.93. The van der Waals surface area contributed by atoms with Crippen LogP contribution in [0.1, 0.15) is 10.6 Å². The van der Waals surface area contributed by atoms with Crippen LogP contribution in [0.2, 0.25) is 0 Å². The van der Waals surface area contributed by atoms with Gasteiger partial charge in [0.15, 0.2) is 0 Å². The minimum Gasteiger partial charge on any atom is -0.383 e. The summed E-state index contributed by atoms with van der Waals surface area (Å²) in [6, 6.07) is 3.97. The Bertz CT molecular complexity index is 484. The predicted octanol–water partition coefficient (Wildman–Crippen LogP) is 2.25. The second kappa shape index (κ2) is 6.58. The Morgan fingerprint density at radius 3 is 2.83 bits per heavy atom. The molecule has 0 radical (unpaired) electrons. The van der Waals surface area contributed by atoms with Crippen molar-refractivity contribution in [3.8, 4) is 10.6 Å². The van der Waals surface area contributed by atoms with Gasteiger partial charge in [0.1, 0.15) is 5.01 Å². The predicted molar refractivity (Wildman–Crippen MR) is 73.7 cm³/mol. The lowest BCUT2D eigenvalue weighted by Crippen LogP contribution is -2.18. The molecule has 0 aliphatic carbocycles. The van der Waals surface area contributed by atoms with E-state index < -0.39 is 0 Å². The molecule has 18 heavy (non-hydrogen) atoms. The fourth-order valence-corrected chi connectivity index (χ4v) is 2.62. The van der Waals surface area contributed by atoms with E-state index in [4.69, 9.17) is 4.74 Å². The van der Waals surface area contributed by atoms with Crippen molar-refractivity contribution >= 4 is 11.3 Å². The van der Waals surface area contributed by atoms with Crippen LogP contribution in [-0.4, -0.2) is 30.2 Å². The largest absolute Gasteiger partial charge is 0.383 e. The van der Waals surface area contributed by atoms with Gasteiger partial charge in [0.2, 0.25) is 0 Å². The van der Waals surface area contributed by atoms with Crippen molar-refractivity contribution in [1.29, 1.82) is 0 Å². The third kappa shape index (κ3) is 3.35. The van der Waals surface area contributed by atoms with Crippen molar-refractivity contribution in [2.24, 2.45) is 0 Å². The first kappa shape index (κ1) is 13.1. The average molecular weight is 263 g/mol. The molecule has 0 fully saturated rings. The van der Waals surface area contributed by atoms with Crippen molar-refractivity contribution in [3.63, 3.8) is 0 Å². The van der Waals surface area contributed by atoms with Gasteiger partial charge in [-0.1, -0.05) is 0 Å². The summed E-state index contributed by atoms with van der Waals surface area (Å²) in [4.78, 5) is 9.90. The number of nitrogens with one attached hydrogen (secondary N) is 1. The molecular weight excluding hydrogens is 246 g/mol. The topological polar surface area (TPSA) is 47.0 Å². The van der Waals surface area contributed by atoms with Crippen LogP contribution >= 0.6 is 11.3 Å². The number of rotatable bonds is 6.